The third-order valence-electron chi connectivity index (χ3n) is 1.65. The quantitative estimate of drug-likeness (QED) is 0.499. The Bertz CT molecular complexity index is 273. The van der Waals surface area contributed by atoms with E-state index in [4.69, 9.17) is 0 Å². The molecule has 0 aromatic carbocycles. The molecule has 0 bridgehead atoms. The lowest BCUT2D eigenvalue weighted by Crippen LogP contribution is -2.36. The van der Waals surface area contributed by atoms with E-state index in [1.54, 1.807) is 6.92 Å². The van der Waals surface area contributed by atoms with E-state index in [2.05, 4.69) is 4.74 Å². The molecule has 0 N–H and O–H groups in total. The number of carbonyl (C=O) groups excluding carboxylic acids is 3. The van der Waals surface area contributed by atoms with Crippen LogP contribution in [0.4, 0.5) is 8.78 Å². The molecule has 0 saturated carbocycles. The lowest BCUT2D eigenvalue weighted by atomic mass is 10.1. The Morgan fingerprint density at radius 1 is 1.20 bits per heavy atom. The number of rotatable bonds is 6. The van der Waals surface area contributed by atoms with Crippen LogP contribution in [-0.2, 0) is 19.1 Å². The summed E-state index contributed by atoms with van der Waals surface area (Å²) in [6.07, 6.45) is -1.12. The molecule has 0 spiro atoms. The molecule has 0 amide bonds. The number of ether oxygens (including phenoxy) is 1. The lowest BCUT2D eigenvalue weighted by Gasteiger charge is -2.10. The van der Waals surface area contributed by atoms with Crippen LogP contribution in [0.15, 0.2) is 0 Å². The first-order valence-corrected chi connectivity index (χ1v) is 4.40. The first-order valence-electron chi connectivity index (χ1n) is 4.40. The largest absolute Gasteiger partial charge is 0.466 e. The summed E-state index contributed by atoms with van der Waals surface area (Å²) in [6.45, 7) is 2.31. The minimum absolute atomic E-state index is 0.121. The normalized spacial score (nSPS) is 10.9. The molecule has 0 aliphatic heterocycles. The Balaban J connectivity index is 4.15. The van der Waals surface area contributed by atoms with Gasteiger partial charge in [-0.15, -0.1) is 0 Å². The van der Waals surface area contributed by atoms with Crippen LogP contribution in [0.2, 0.25) is 0 Å². The zero-order valence-electron chi connectivity index (χ0n) is 8.51. The van der Waals surface area contributed by atoms with Gasteiger partial charge in [0, 0.05) is 13.3 Å². The smallest absolute Gasteiger partial charge is 0.362 e. The Morgan fingerprint density at radius 3 is 2.13 bits per heavy atom. The topological polar surface area (TPSA) is 60.4 Å². The Kier molecular flexibility index (Phi) is 5.04. The highest BCUT2D eigenvalue weighted by molar-refractivity contribution is 6.07. The monoisotopic (exact) mass is 222 g/mol. The van der Waals surface area contributed by atoms with Crippen LogP contribution in [0.5, 0.6) is 0 Å². The minimum atomic E-state index is -3.99. The van der Waals surface area contributed by atoms with Gasteiger partial charge in [0.1, 0.15) is 0 Å². The summed E-state index contributed by atoms with van der Waals surface area (Å²) >= 11 is 0. The molecule has 0 aliphatic carbocycles. The van der Waals surface area contributed by atoms with Gasteiger partial charge in [0.25, 0.3) is 0 Å². The highest BCUT2D eigenvalue weighted by atomic mass is 19.3. The zero-order valence-corrected chi connectivity index (χ0v) is 8.51. The number of ketones is 2. The summed E-state index contributed by atoms with van der Waals surface area (Å²) < 4.78 is 29.9. The molecule has 0 radical (unpaired) electrons. The number of hydrogen-bond donors (Lipinski definition) is 0. The minimum Gasteiger partial charge on any atom is -0.466 e. The standard InChI is InChI=1S/C9H12F2O4/c1-3-15-8(14)5-4-7(13)9(10,11)6(2)12/h3-5H2,1-2H3. The maximum atomic E-state index is 12.7. The predicted molar refractivity (Wildman–Crippen MR) is 46.5 cm³/mol. The first-order chi connectivity index (χ1) is 6.82. The number of halogens is 2. The van der Waals surface area contributed by atoms with E-state index in [1.165, 1.54) is 0 Å². The number of Topliss-reactive ketones (excluding diaryl/α,β-unsaturated/α-hetero) is 2. The summed E-state index contributed by atoms with van der Waals surface area (Å²) in [7, 11) is 0. The summed E-state index contributed by atoms with van der Waals surface area (Å²) in [4.78, 5) is 32.0. The van der Waals surface area contributed by atoms with E-state index in [9.17, 15) is 23.2 Å². The first kappa shape index (κ1) is 13.7. The molecule has 86 valence electrons. The lowest BCUT2D eigenvalue weighted by molar-refractivity contribution is -0.157. The molecule has 0 saturated heterocycles. The van der Waals surface area contributed by atoms with Crippen LogP contribution < -0.4 is 0 Å². The van der Waals surface area contributed by atoms with Crippen molar-refractivity contribution >= 4 is 17.5 Å². The average Bonchev–Trinajstić information content (AvgIpc) is 2.14. The molecule has 6 heteroatoms. The molecule has 0 unspecified atom stereocenters. The van der Waals surface area contributed by atoms with E-state index < -0.39 is 36.3 Å². The van der Waals surface area contributed by atoms with Crippen LogP contribution in [-0.4, -0.2) is 30.1 Å². The van der Waals surface area contributed by atoms with Crippen molar-refractivity contribution in [1.29, 1.82) is 0 Å². The van der Waals surface area contributed by atoms with Gasteiger partial charge in [0.05, 0.1) is 13.0 Å². The second kappa shape index (κ2) is 5.53. The highest BCUT2D eigenvalue weighted by Crippen LogP contribution is 2.18. The maximum Gasteiger partial charge on any atom is 0.362 e. The van der Waals surface area contributed by atoms with Crippen LogP contribution in [0.25, 0.3) is 0 Å². The van der Waals surface area contributed by atoms with Crippen molar-refractivity contribution in [2.75, 3.05) is 6.61 Å². The maximum absolute atomic E-state index is 12.7. The SMILES string of the molecule is CCOC(=O)CCC(=O)C(F)(F)C(C)=O. The third kappa shape index (κ3) is 4.14. The van der Waals surface area contributed by atoms with E-state index >= 15 is 0 Å². The van der Waals surface area contributed by atoms with Gasteiger partial charge in [-0.1, -0.05) is 0 Å². The van der Waals surface area contributed by atoms with Crippen LogP contribution in [0, 0.1) is 0 Å². The molecule has 4 nitrogen and oxygen atoms in total. The number of hydrogen-bond acceptors (Lipinski definition) is 4. The summed E-state index contributed by atoms with van der Waals surface area (Å²) in [5.74, 6) is -7.79. The van der Waals surface area contributed by atoms with Gasteiger partial charge in [-0.25, -0.2) is 0 Å². The second-order valence-electron chi connectivity index (χ2n) is 2.86. The van der Waals surface area contributed by atoms with E-state index in [-0.39, 0.29) is 6.61 Å². The van der Waals surface area contributed by atoms with Crippen LogP contribution >= 0.6 is 0 Å². The second-order valence-corrected chi connectivity index (χ2v) is 2.86. The van der Waals surface area contributed by atoms with Gasteiger partial charge in [-0.05, 0) is 6.92 Å². The molecule has 0 aromatic rings. The van der Waals surface area contributed by atoms with Crippen molar-refractivity contribution in [3.8, 4) is 0 Å². The number of esters is 1. The summed E-state index contributed by atoms with van der Waals surface area (Å²) in [5.41, 5.74) is 0. The van der Waals surface area contributed by atoms with E-state index in [0.29, 0.717) is 6.92 Å². The molecule has 0 heterocycles. The number of carbonyl (C=O) groups is 3. The van der Waals surface area contributed by atoms with Crippen molar-refractivity contribution in [2.45, 2.75) is 32.6 Å². The molecular formula is C9H12F2O4. The van der Waals surface area contributed by atoms with Crippen LogP contribution in [0.3, 0.4) is 0 Å². The third-order valence-corrected chi connectivity index (χ3v) is 1.65. The average molecular weight is 222 g/mol. The van der Waals surface area contributed by atoms with Crippen molar-refractivity contribution in [1.82, 2.24) is 0 Å². The van der Waals surface area contributed by atoms with Crippen molar-refractivity contribution in [2.24, 2.45) is 0 Å². The van der Waals surface area contributed by atoms with Gasteiger partial charge in [-0.2, -0.15) is 8.78 Å². The van der Waals surface area contributed by atoms with Crippen molar-refractivity contribution in [3.05, 3.63) is 0 Å². The van der Waals surface area contributed by atoms with Gasteiger partial charge < -0.3 is 4.74 Å². The van der Waals surface area contributed by atoms with Gasteiger partial charge in [0.15, 0.2) is 0 Å². The molecule has 15 heavy (non-hydrogen) atoms. The fourth-order valence-electron chi connectivity index (χ4n) is 0.802. The summed E-state index contributed by atoms with van der Waals surface area (Å²) in [5, 5.41) is 0. The highest BCUT2D eigenvalue weighted by Gasteiger charge is 2.43. The van der Waals surface area contributed by atoms with Crippen LogP contribution in [0.1, 0.15) is 26.7 Å². The number of alkyl halides is 2. The Labute approximate surface area is 85.6 Å². The van der Waals surface area contributed by atoms with Crippen molar-refractivity contribution < 1.29 is 27.9 Å². The van der Waals surface area contributed by atoms with Crippen molar-refractivity contribution in [3.63, 3.8) is 0 Å². The van der Waals surface area contributed by atoms with E-state index in [0.717, 1.165) is 0 Å². The molecule has 0 atom stereocenters. The van der Waals surface area contributed by atoms with Gasteiger partial charge in [0.2, 0.25) is 11.6 Å². The fraction of sp³-hybridized carbons (Fsp3) is 0.667. The summed E-state index contributed by atoms with van der Waals surface area (Å²) in [6, 6.07) is 0. The Morgan fingerprint density at radius 2 is 1.73 bits per heavy atom. The fourth-order valence-corrected chi connectivity index (χ4v) is 0.802. The molecule has 0 rings (SSSR count). The predicted octanol–water partition coefficient (Wildman–Crippen LogP) is 1.12. The van der Waals surface area contributed by atoms with E-state index in [1.807, 2.05) is 0 Å². The molecule has 0 aliphatic rings. The molecule has 0 aromatic heterocycles. The van der Waals surface area contributed by atoms with Gasteiger partial charge >= 0.3 is 11.9 Å². The molecule has 0 fully saturated rings. The molecular weight excluding hydrogens is 210 g/mol. The van der Waals surface area contributed by atoms with Gasteiger partial charge in [-0.3, -0.25) is 14.4 Å². The zero-order chi connectivity index (χ0) is 12.1. The Hall–Kier alpha value is -1.33.